The van der Waals surface area contributed by atoms with E-state index in [2.05, 4.69) is 0 Å². The number of halogens is 1. The minimum atomic E-state index is -1.19. The van der Waals surface area contributed by atoms with Gasteiger partial charge in [-0.05, 0) is 18.1 Å². The number of rotatable bonds is 6. The Morgan fingerprint density at radius 1 is 1.43 bits per heavy atom. The molecule has 0 spiro atoms. The predicted molar refractivity (Wildman–Crippen MR) is 71.4 cm³/mol. The lowest BCUT2D eigenvalue weighted by atomic mass is 10.1. The average molecular weight is 298 g/mol. The Kier molecular flexibility index (Phi) is 5.34. The molecule has 0 aliphatic rings. The largest absolute Gasteiger partial charge is 0.480 e. The summed E-state index contributed by atoms with van der Waals surface area (Å²) in [4.78, 5) is 33.8. The van der Waals surface area contributed by atoms with Gasteiger partial charge in [0.2, 0.25) is 5.82 Å². The highest BCUT2D eigenvalue weighted by atomic mass is 19.1. The minimum Gasteiger partial charge on any atom is -0.480 e. The van der Waals surface area contributed by atoms with Crippen LogP contribution >= 0.6 is 0 Å². The first-order valence-corrected chi connectivity index (χ1v) is 6.17. The molecule has 0 saturated carbocycles. The van der Waals surface area contributed by atoms with Crippen LogP contribution in [0.5, 0.6) is 0 Å². The highest BCUT2D eigenvalue weighted by Gasteiger charge is 2.23. The lowest BCUT2D eigenvalue weighted by Crippen LogP contribution is -2.38. The van der Waals surface area contributed by atoms with E-state index in [-0.39, 0.29) is 18.0 Å². The van der Waals surface area contributed by atoms with Crippen LogP contribution in [0.4, 0.5) is 10.1 Å². The molecule has 1 N–H and O–H groups in total. The van der Waals surface area contributed by atoms with Crippen LogP contribution in [0.25, 0.3) is 0 Å². The molecular weight excluding hydrogens is 283 g/mol. The van der Waals surface area contributed by atoms with E-state index in [1.807, 2.05) is 0 Å². The van der Waals surface area contributed by atoms with Crippen LogP contribution < -0.4 is 0 Å². The van der Waals surface area contributed by atoms with Crippen molar-refractivity contribution in [3.8, 4) is 0 Å². The third-order valence-electron chi connectivity index (χ3n) is 2.59. The van der Waals surface area contributed by atoms with Crippen molar-refractivity contribution in [1.82, 2.24) is 4.90 Å². The van der Waals surface area contributed by atoms with E-state index in [1.165, 1.54) is 0 Å². The minimum absolute atomic E-state index is 0.0173. The van der Waals surface area contributed by atoms with E-state index in [1.54, 1.807) is 13.8 Å². The van der Waals surface area contributed by atoms with Gasteiger partial charge in [-0.25, -0.2) is 0 Å². The number of amides is 1. The summed E-state index contributed by atoms with van der Waals surface area (Å²) in [6.07, 6.45) is 0. The molecule has 1 rings (SSSR count). The van der Waals surface area contributed by atoms with Crippen molar-refractivity contribution in [2.75, 3.05) is 13.1 Å². The molecule has 1 aromatic carbocycles. The highest BCUT2D eigenvalue weighted by molar-refractivity contribution is 5.96. The van der Waals surface area contributed by atoms with Crippen molar-refractivity contribution >= 4 is 17.6 Å². The molecule has 0 bridgehead atoms. The smallest absolute Gasteiger partial charge is 0.323 e. The predicted octanol–water partition coefficient (Wildman–Crippen LogP) is 1.92. The first kappa shape index (κ1) is 16.5. The van der Waals surface area contributed by atoms with Gasteiger partial charge in [-0.15, -0.1) is 0 Å². The number of hydrogen-bond acceptors (Lipinski definition) is 4. The molecule has 8 heteroatoms. The Balaban J connectivity index is 3.11. The van der Waals surface area contributed by atoms with Crippen LogP contribution in [0.1, 0.15) is 24.2 Å². The standard InChI is InChI=1S/C13H15FN2O5/c1-8(2)6-15(7-12(17)18)13(19)9-3-4-10(14)11(5-9)16(20)21/h3-5,8H,6-7H2,1-2H3,(H,17,18). The maximum Gasteiger partial charge on any atom is 0.323 e. The number of carboxylic acid groups (broad SMARTS) is 1. The van der Waals surface area contributed by atoms with E-state index >= 15 is 0 Å². The normalized spacial score (nSPS) is 10.5. The Bertz CT molecular complexity index is 574. The summed E-state index contributed by atoms with van der Waals surface area (Å²) in [5.41, 5.74) is -0.939. The van der Waals surface area contributed by atoms with Crippen LogP contribution in [0, 0.1) is 21.8 Å². The Labute approximate surface area is 120 Å². The van der Waals surface area contributed by atoms with Crippen LogP contribution in [-0.4, -0.2) is 39.9 Å². The second-order valence-electron chi connectivity index (χ2n) is 4.90. The maximum atomic E-state index is 13.2. The van der Waals surface area contributed by atoms with E-state index in [9.17, 15) is 24.1 Å². The molecule has 0 aliphatic heterocycles. The molecule has 0 saturated heterocycles. The third-order valence-corrected chi connectivity index (χ3v) is 2.59. The second kappa shape index (κ2) is 6.78. The molecule has 1 amide bonds. The van der Waals surface area contributed by atoms with Gasteiger partial charge < -0.3 is 10.0 Å². The molecule has 0 aromatic heterocycles. The Hall–Kier alpha value is -2.51. The lowest BCUT2D eigenvalue weighted by Gasteiger charge is -2.22. The summed E-state index contributed by atoms with van der Waals surface area (Å²) in [6.45, 7) is 3.25. The molecular formula is C13H15FN2O5. The van der Waals surface area contributed by atoms with Gasteiger partial charge in [-0.1, -0.05) is 13.8 Å². The molecule has 0 heterocycles. The van der Waals surface area contributed by atoms with E-state index < -0.39 is 34.8 Å². The van der Waals surface area contributed by atoms with Crippen molar-refractivity contribution in [3.63, 3.8) is 0 Å². The summed E-state index contributed by atoms with van der Waals surface area (Å²) < 4.78 is 13.2. The number of nitrogens with zero attached hydrogens (tertiary/aromatic N) is 2. The molecule has 1 aromatic rings. The van der Waals surface area contributed by atoms with Crippen molar-refractivity contribution in [2.24, 2.45) is 5.92 Å². The number of benzene rings is 1. The summed E-state index contributed by atoms with van der Waals surface area (Å²) in [5, 5.41) is 19.5. The number of nitro groups is 1. The average Bonchev–Trinajstić information content (AvgIpc) is 2.36. The summed E-state index contributed by atoms with van der Waals surface area (Å²) in [5.74, 6) is -2.91. The highest BCUT2D eigenvalue weighted by Crippen LogP contribution is 2.20. The fourth-order valence-electron chi connectivity index (χ4n) is 1.79. The fourth-order valence-corrected chi connectivity index (χ4v) is 1.79. The molecule has 7 nitrogen and oxygen atoms in total. The Morgan fingerprint density at radius 2 is 2.05 bits per heavy atom. The van der Waals surface area contributed by atoms with Crippen LogP contribution in [0.3, 0.4) is 0 Å². The van der Waals surface area contributed by atoms with E-state index in [4.69, 9.17) is 5.11 Å². The number of carbonyl (C=O) groups is 2. The molecule has 114 valence electrons. The number of carboxylic acids is 1. The summed E-state index contributed by atoms with van der Waals surface area (Å²) in [7, 11) is 0. The van der Waals surface area contributed by atoms with Crippen LogP contribution in [0.15, 0.2) is 18.2 Å². The van der Waals surface area contributed by atoms with Gasteiger partial charge >= 0.3 is 11.7 Å². The SMILES string of the molecule is CC(C)CN(CC(=O)O)C(=O)c1ccc(F)c([N+](=O)[O-])c1. The van der Waals surface area contributed by atoms with Gasteiger partial charge in [0.1, 0.15) is 6.54 Å². The molecule has 0 atom stereocenters. The zero-order valence-corrected chi connectivity index (χ0v) is 11.6. The van der Waals surface area contributed by atoms with Gasteiger partial charge in [0, 0.05) is 18.2 Å². The number of nitro benzene ring substituents is 1. The van der Waals surface area contributed by atoms with Crippen LogP contribution in [-0.2, 0) is 4.79 Å². The number of aliphatic carboxylic acids is 1. The topological polar surface area (TPSA) is 101 Å². The van der Waals surface area contributed by atoms with Crippen molar-refractivity contribution in [3.05, 3.63) is 39.7 Å². The lowest BCUT2D eigenvalue weighted by molar-refractivity contribution is -0.387. The van der Waals surface area contributed by atoms with Gasteiger partial charge in [-0.2, -0.15) is 4.39 Å². The summed E-state index contributed by atoms with van der Waals surface area (Å²) >= 11 is 0. The zero-order valence-electron chi connectivity index (χ0n) is 11.6. The van der Waals surface area contributed by atoms with Crippen molar-refractivity contribution in [2.45, 2.75) is 13.8 Å². The molecule has 0 fully saturated rings. The zero-order chi connectivity index (χ0) is 16.2. The molecule has 0 aliphatic carbocycles. The van der Waals surface area contributed by atoms with Gasteiger partial charge in [0.05, 0.1) is 4.92 Å². The molecule has 0 radical (unpaired) electrons. The van der Waals surface area contributed by atoms with Gasteiger partial charge in [0.25, 0.3) is 5.91 Å². The van der Waals surface area contributed by atoms with Crippen molar-refractivity contribution in [1.29, 1.82) is 0 Å². The molecule has 0 unspecified atom stereocenters. The second-order valence-corrected chi connectivity index (χ2v) is 4.90. The van der Waals surface area contributed by atoms with E-state index in [0.29, 0.717) is 0 Å². The Morgan fingerprint density at radius 3 is 2.52 bits per heavy atom. The quantitative estimate of drug-likeness (QED) is 0.638. The van der Waals surface area contributed by atoms with Gasteiger partial charge in [-0.3, -0.25) is 19.7 Å². The summed E-state index contributed by atoms with van der Waals surface area (Å²) in [6, 6.07) is 2.73. The number of hydrogen-bond donors (Lipinski definition) is 1. The van der Waals surface area contributed by atoms with Crippen LogP contribution in [0.2, 0.25) is 0 Å². The fraction of sp³-hybridized carbons (Fsp3) is 0.385. The maximum absolute atomic E-state index is 13.2. The monoisotopic (exact) mass is 298 g/mol. The van der Waals surface area contributed by atoms with E-state index in [0.717, 1.165) is 23.1 Å². The molecule has 21 heavy (non-hydrogen) atoms. The van der Waals surface area contributed by atoms with Crippen molar-refractivity contribution < 1.29 is 24.0 Å². The third kappa shape index (κ3) is 4.51. The van der Waals surface area contributed by atoms with Gasteiger partial charge in [0.15, 0.2) is 0 Å². The first-order chi connectivity index (χ1) is 9.72. The number of carbonyl (C=O) groups excluding carboxylic acids is 1. The first-order valence-electron chi connectivity index (χ1n) is 6.17.